The lowest BCUT2D eigenvalue weighted by atomic mass is 9.92. The fraction of sp³-hybridized carbons (Fsp3) is 0.273. The normalized spacial score (nSPS) is 12.4. The standard InChI is InChI=1S/C66H70N4Si2/c1-40(2)72(41(3)4,42(5)6)35-33-50-18-22-52(23-19-50)64-55-26-30-59(69-55)65(61-45(9)36-43(7)37-46(61)10)57-28-24-53(67-57)63(51-20-16-49(17-21-51)32-34-71(13,14)15)54-25-29-58(68-54)66(60-31-27-56(64)70-60)62-47(11)38-44(8)39-48(62)12/h16-31,36-42,67-68H,1-15H3. The Morgan fingerprint density at radius 2 is 0.708 bits per heavy atom. The van der Waals surface area contributed by atoms with E-state index in [4.69, 9.17) is 9.97 Å². The van der Waals surface area contributed by atoms with Gasteiger partial charge in [0.1, 0.15) is 16.1 Å². The summed E-state index contributed by atoms with van der Waals surface area (Å²) >= 11 is 0. The van der Waals surface area contributed by atoms with Gasteiger partial charge in [-0.15, -0.1) is 11.1 Å². The summed E-state index contributed by atoms with van der Waals surface area (Å²) in [4.78, 5) is 19.2. The molecule has 0 saturated carbocycles. The summed E-state index contributed by atoms with van der Waals surface area (Å²) in [7, 11) is -3.48. The predicted molar refractivity (Wildman–Crippen MR) is 317 cm³/mol. The molecule has 0 unspecified atom stereocenters. The van der Waals surface area contributed by atoms with Crippen LogP contribution in [0.25, 0.3) is 90.9 Å². The first-order chi connectivity index (χ1) is 34.2. The van der Waals surface area contributed by atoms with Gasteiger partial charge in [-0.05, 0) is 176 Å². The Morgan fingerprint density at radius 1 is 0.389 bits per heavy atom. The zero-order valence-electron chi connectivity index (χ0n) is 45.2. The molecule has 0 atom stereocenters. The minimum Gasteiger partial charge on any atom is -0.354 e. The first kappa shape index (κ1) is 50.0. The number of aromatic amines is 2. The smallest absolute Gasteiger partial charge is 0.146 e. The zero-order chi connectivity index (χ0) is 51.4. The van der Waals surface area contributed by atoms with Crippen molar-refractivity contribution in [3.05, 3.63) is 164 Å². The number of H-pyrrole nitrogens is 2. The van der Waals surface area contributed by atoms with E-state index in [2.05, 4.69) is 257 Å². The minimum absolute atomic E-state index is 0.560. The van der Waals surface area contributed by atoms with Gasteiger partial charge in [-0.25, -0.2) is 9.97 Å². The third kappa shape index (κ3) is 9.59. The van der Waals surface area contributed by atoms with Gasteiger partial charge in [0, 0.05) is 55.4 Å². The number of hydrogen-bond donors (Lipinski definition) is 2. The van der Waals surface area contributed by atoms with Gasteiger partial charge in [-0.2, -0.15) is 0 Å². The second-order valence-corrected chi connectivity index (χ2v) is 32.7. The molecule has 3 aromatic heterocycles. The van der Waals surface area contributed by atoms with Crippen LogP contribution in [0, 0.1) is 64.5 Å². The number of benzene rings is 4. The number of aryl methyl sites for hydroxylation is 6. The molecular weight excluding hydrogens is 905 g/mol. The fourth-order valence-electron chi connectivity index (χ4n) is 11.8. The Balaban J connectivity index is 1.39. The van der Waals surface area contributed by atoms with Crippen molar-refractivity contribution in [2.24, 2.45) is 0 Å². The van der Waals surface area contributed by atoms with Crippen LogP contribution in [0.15, 0.2) is 97.1 Å². The van der Waals surface area contributed by atoms with Crippen LogP contribution in [-0.2, 0) is 0 Å². The molecule has 0 fully saturated rings. The van der Waals surface area contributed by atoms with E-state index in [1.165, 1.54) is 44.5 Å². The summed E-state index contributed by atoms with van der Waals surface area (Å²) in [5.74, 6) is 7.17. The molecule has 4 nitrogen and oxygen atoms in total. The average molecular weight is 975 g/mol. The highest BCUT2D eigenvalue weighted by Crippen LogP contribution is 2.43. The highest BCUT2D eigenvalue weighted by atomic mass is 28.3. The first-order valence-electron chi connectivity index (χ1n) is 25.8. The molecule has 2 aliphatic rings. The van der Waals surface area contributed by atoms with Crippen molar-refractivity contribution < 1.29 is 0 Å². The third-order valence-electron chi connectivity index (χ3n) is 14.8. The number of nitrogens with zero attached hydrogens (tertiary/aromatic N) is 2. The predicted octanol–water partition coefficient (Wildman–Crippen LogP) is 18.0. The summed E-state index contributed by atoms with van der Waals surface area (Å²) in [6, 6.07) is 35.6. The van der Waals surface area contributed by atoms with Crippen molar-refractivity contribution in [3.8, 4) is 67.4 Å². The van der Waals surface area contributed by atoms with E-state index < -0.39 is 16.1 Å². The molecule has 0 saturated heterocycles. The van der Waals surface area contributed by atoms with Crippen molar-refractivity contribution >= 4 is 62.5 Å². The molecule has 0 amide bonds. The monoisotopic (exact) mass is 975 g/mol. The van der Waals surface area contributed by atoms with E-state index >= 15 is 0 Å². The maximum absolute atomic E-state index is 5.64. The largest absolute Gasteiger partial charge is 0.354 e. The highest BCUT2D eigenvalue weighted by Gasteiger charge is 2.41. The van der Waals surface area contributed by atoms with E-state index in [0.29, 0.717) is 16.6 Å². The lowest BCUT2D eigenvalue weighted by molar-refractivity contribution is 0.838. The number of nitrogens with one attached hydrogen (secondary N) is 2. The average Bonchev–Trinajstić information content (AvgIpc) is 4.16. The molecular formula is C66H70N4Si2. The number of rotatable bonds is 7. The molecule has 7 aromatic rings. The molecule has 72 heavy (non-hydrogen) atoms. The maximum atomic E-state index is 5.64. The van der Waals surface area contributed by atoms with Gasteiger partial charge in [0.25, 0.3) is 0 Å². The summed E-state index contributed by atoms with van der Waals surface area (Å²) < 4.78 is 0. The van der Waals surface area contributed by atoms with Crippen molar-refractivity contribution in [2.45, 2.75) is 119 Å². The van der Waals surface area contributed by atoms with E-state index in [9.17, 15) is 0 Å². The van der Waals surface area contributed by atoms with Crippen molar-refractivity contribution in [3.63, 3.8) is 0 Å². The van der Waals surface area contributed by atoms with Gasteiger partial charge in [0.05, 0.1) is 22.8 Å². The number of aromatic nitrogens is 4. The molecule has 8 bridgehead atoms. The van der Waals surface area contributed by atoms with Crippen LogP contribution >= 0.6 is 0 Å². The van der Waals surface area contributed by atoms with Gasteiger partial charge < -0.3 is 9.97 Å². The zero-order valence-corrected chi connectivity index (χ0v) is 47.2. The third-order valence-corrected chi connectivity index (χ3v) is 22.0. The summed E-state index contributed by atoms with van der Waals surface area (Å²) in [6.45, 7) is 34.3. The van der Waals surface area contributed by atoms with Crippen molar-refractivity contribution in [1.29, 1.82) is 0 Å². The molecule has 9 rings (SSSR count). The van der Waals surface area contributed by atoms with Gasteiger partial charge >= 0.3 is 0 Å². The molecule has 5 heterocycles. The Morgan fingerprint density at radius 3 is 1.06 bits per heavy atom. The van der Waals surface area contributed by atoms with Gasteiger partial charge in [-0.3, -0.25) is 0 Å². The summed E-state index contributed by atoms with van der Waals surface area (Å²) in [6.07, 6.45) is 8.75. The van der Waals surface area contributed by atoms with Crippen LogP contribution in [0.5, 0.6) is 0 Å². The van der Waals surface area contributed by atoms with Gasteiger partial charge in [0.2, 0.25) is 0 Å². The Labute approximate surface area is 431 Å². The topological polar surface area (TPSA) is 57.4 Å². The van der Waals surface area contributed by atoms with Crippen LogP contribution < -0.4 is 0 Å². The molecule has 2 aliphatic heterocycles. The van der Waals surface area contributed by atoms with Crippen LogP contribution in [0.3, 0.4) is 0 Å². The van der Waals surface area contributed by atoms with Crippen LogP contribution in [0.2, 0.25) is 36.3 Å². The van der Waals surface area contributed by atoms with Crippen LogP contribution in [0.1, 0.15) is 109 Å². The number of fused-ring (bicyclic) bond motifs is 8. The Bertz CT molecular complexity index is 3430. The quantitative estimate of drug-likeness (QED) is 0.123. The summed E-state index contributed by atoms with van der Waals surface area (Å²) in [5, 5.41) is 0. The summed E-state index contributed by atoms with van der Waals surface area (Å²) in [5.41, 5.74) is 34.7. The first-order valence-corrected chi connectivity index (χ1v) is 31.6. The maximum Gasteiger partial charge on any atom is 0.146 e. The number of hydrogen-bond acceptors (Lipinski definition) is 2. The molecule has 0 aliphatic carbocycles. The Kier molecular flexibility index (Phi) is 13.6. The minimum atomic E-state index is -1.92. The SMILES string of the molecule is Cc1cc(C)c(-c2c3nc(c(-c4ccc(C#C[Si](C(C)C)(C(C)C)C(C)C)cc4)c4nc(c(-c5c(C)cc(C)cc5C)c5ccc([nH]5)c(-c5ccc(C#C[Si](C)(C)C)cc5)c5ccc2[nH]5)C=C4)C=C3)c(C)c1. The van der Waals surface area contributed by atoms with Gasteiger partial charge in [0.15, 0.2) is 0 Å². The molecule has 362 valence electrons. The van der Waals surface area contributed by atoms with Gasteiger partial charge in [-0.1, -0.05) is 133 Å². The molecule has 0 spiro atoms. The second-order valence-electron chi connectivity index (χ2n) is 22.4. The van der Waals surface area contributed by atoms with E-state index in [-0.39, 0.29) is 0 Å². The lowest BCUT2D eigenvalue weighted by Crippen LogP contribution is -2.43. The molecule has 2 N–H and O–H groups in total. The van der Waals surface area contributed by atoms with E-state index in [1.54, 1.807) is 0 Å². The van der Waals surface area contributed by atoms with E-state index in [1.807, 2.05) is 0 Å². The fourth-order valence-corrected chi connectivity index (χ4v) is 17.5. The van der Waals surface area contributed by atoms with Crippen molar-refractivity contribution in [1.82, 2.24) is 19.9 Å². The molecule has 6 heteroatoms. The second kappa shape index (κ2) is 19.6. The van der Waals surface area contributed by atoms with Crippen LogP contribution in [-0.4, -0.2) is 36.1 Å². The highest BCUT2D eigenvalue weighted by molar-refractivity contribution is 6.90. The lowest BCUT2D eigenvalue weighted by Gasteiger charge is -2.38. The van der Waals surface area contributed by atoms with Crippen molar-refractivity contribution in [2.75, 3.05) is 0 Å². The van der Waals surface area contributed by atoms with E-state index in [0.717, 1.165) is 89.4 Å². The molecule has 4 aromatic carbocycles. The molecule has 0 radical (unpaired) electrons. The van der Waals surface area contributed by atoms with Crippen LogP contribution in [0.4, 0.5) is 0 Å². The Hall–Kier alpha value is -6.97.